The van der Waals surface area contributed by atoms with Crippen molar-refractivity contribution < 1.29 is 18.4 Å². The maximum Gasteiger partial charge on any atom is 0.272 e. The molecular weight excluding hydrogens is 374 g/mol. The van der Waals surface area contributed by atoms with Crippen molar-refractivity contribution in [1.29, 1.82) is 0 Å². The number of H-pyrrole nitrogens is 2. The molecular formula is C20H19N5O4. The summed E-state index contributed by atoms with van der Waals surface area (Å²) in [6, 6.07) is 8.80. The van der Waals surface area contributed by atoms with Crippen LogP contribution in [-0.4, -0.2) is 39.1 Å². The fourth-order valence-electron chi connectivity index (χ4n) is 3.49. The topological polar surface area (TPSA) is 129 Å². The molecule has 0 radical (unpaired) electrons. The molecule has 0 aromatic carbocycles. The Morgan fingerprint density at radius 3 is 2.62 bits per heavy atom. The highest BCUT2D eigenvalue weighted by atomic mass is 16.3. The zero-order chi connectivity index (χ0) is 20.0. The van der Waals surface area contributed by atoms with Gasteiger partial charge in [-0.1, -0.05) is 0 Å². The predicted molar refractivity (Wildman–Crippen MR) is 103 cm³/mol. The van der Waals surface area contributed by atoms with E-state index in [9.17, 15) is 9.59 Å². The second-order valence-electron chi connectivity index (χ2n) is 7.27. The summed E-state index contributed by atoms with van der Waals surface area (Å²) in [5, 5.41) is 12.8. The predicted octanol–water partition coefficient (Wildman–Crippen LogP) is 2.74. The van der Waals surface area contributed by atoms with Crippen molar-refractivity contribution in [3.8, 4) is 11.5 Å². The van der Waals surface area contributed by atoms with Crippen LogP contribution in [0.5, 0.6) is 0 Å². The van der Waals surface area contributed by atoms with Crippen LogP contribution >= 0.6 is 0 Å². The van der Waals surface area contributed by atoms with Crippen molar-refractivity contribution in [2.75, 3.05) is 0 Å². The molecule has 1 aliphatic rings. The van der Waals surface area contributed by atoms with Gasteiger partial charge in [0.05, 0.1) is 11.8 Å². The first-order valence-corrected chi connectivity index (χ1v) is 9.35. The normalized spacial score (nSPS) is 18.5. The van der Waals surface area contributed by atoms with E-state index in [0.717, 1.165) is 11.3 Å². The Kier molecular flexibility index (Phi) is 4.01. The second-order valence-corrected chi connectivity index (χ2v) is 7.27. The number of furan rings is 2. The first kappa shape index (κ1) is 17.4. The van der Waals surface area contributed by atoms with Crippen LogP contribution in [0.4, 0.5) is 0 Å². The van der Waals surface area contributed by atoms with Crippen LogP contribution in [0.15, 0.2) is 45.4 Å². The zero-order valence-electron chi connectivity index (χ0n) is 15.6. The molecule has 0 unspecified atom stereocenters. The van der Waals surface area contributed by atoms with E-state index in [1.54, 1.807) is 24.5 Å². The third-order valence-corrected chi connectivity index (χ3v) is 5.11. The second kappa shape index (κ2) is 6.69. The minimum absolute atomic E-state index is 0.00118. The average molecular weight is 393 g/mol. The lowest BCUT2D eigenvalue weighted by atomic mass is 9.86. The van der Waals surface area contributed by atoms with Crippen LogP contribution in [0, 0.1) is 6.92 Å². The van der Waals surface area contributed by atoms with Gasteiger partial charge in [-0.15, -0.1) is 0 Å². The van der Waals surface area contributed by atoms with E-state index in [1.807, 2.05) is 19.1 Å². The molecule has 0 saturated heterocycles. The van der Waals surface area contributed by atoms with Crippen molar-refractivity contribution in [3.05, 3.63) is 53.7 Å². The van der Waals surface area contributed by atoms with E-state index in [4.69, 9.17) is 8.83 Å². The lowest BCUT2D eigenvalue weighted by molar-refractivity contribution is 0.0857. The molecule has 5 rings (SSSR count). The number of carbonyl (C=O) groups is 2. The Morgan fingerprint density at radius 2 is 1.90 bits per heavy atom. The molecule has 0 atom stereocenters. The monoisotopic (exact) mass is 393 g/mol. The summed E-state index contributed by atoms with van der Waals surface area (Å²) in [5.41, 5.74) is 2.85. The van der Waals surface area contributed by atoms with Gasteiger partial charge in [-0.25, -0.2) is 0 Å². The number of fused-ring (bicyclic) bond motifs is 1. The van der Waals surface area contributed by atoms with Gasteiger partial charge in [-0.05, 0) is 31.9 Å². The average Bonchev–Trinajstić information content (AvgIpc) is 3.42. The molecule has 0 aliphatic heterocycles. The van der Waals surface area contributed by atoms with Crippen LogP contribution in [0.1, 0.15) is 39.6 Å². The van der Waals surface area contributed by atoms with Crippen LogP contribution in [0.3, 0.4) is 0 Å². The first-order valence-electron chi connectivity index (χ1n) is 9.35. The Bertz CT molecular complexity index is 1160. The fourth-order valence-corrected chi connectivity index (χ4v) is 3.49. The largest absolute Gasteiger partial charge is 0.463 e. The maximum atomic E-state index is 12.4. The van der Waals surface area contributed by atoms with E-state index in [-0.39, 0.29) is 23.9 Å². The molecule has 0 spiro atoms. The number of aromatic nitrogens is 3. The highest BCUT2D eigenvalue weighted by Crippen LogP contribution is 2.23. The molecule has 4 heterocycles. The lowest BCUT2D eigenvalue weighted by Crippen LogP contribution is -2.53. The third kappa shape index (κ3) is 3.31. The van der Waals surface area contributed by atoms with Gasteiger partial charge in [0.1, 0.15) is 17.1 Å². The van der Waals surface area contributed by atoms with Crippen molar-refractivity contribution in [1.82, 2.24) is 25.8 Å². The number of rotatable bonds is 5. The summed E-state index contributed by atoms with van der Waals surface area (Å²) in [7, 11) is 0. The van der Waals surface area contributed by atoms with Gasteiger partial charge in [0, 0.05) is 30.3 Å². The quantitative estimate of drug-likeness (QED) is 0.414. The van der Waals surface area contributed by atoms with Gasteiger partial charge < -0.3 is 24.5 Å². The molecule has 1 aliphatic carbocycles. The van der Waals surface area contributed by atoms with Gasteiger partial charge in [-0.2, -0.15) is 5.10 Å². The molecule has 4 aromatic heterocycles. The summed E-state index contributed by atoms with van der Waals surface area (Å²) >= 11 is 0. The Hall–Kier alpha value is -3.75. The highest BCUT2D eigenvalue weighted by Gasteiger charge is 2.32. The fraction of sp³-hybridized carbons (Fsp3) is 0.250. The Morgan fingerprint density at radius 1 is 1.10 bits per heavy atom. The van der Waals surface area contributed by atoms with E-state index in [1.165, 1.54) is 0 Å². The lowest BCUT2D eigenvalue weighted by Gasteiger charge is -2.36. The molecule has 9 nitrogen and oxygen atoms in total. The maximum absolute atomic E-state index is 12.4. The summed E-state index contributed by atoms with van der Waals surface area (Å²) in [5.74, 6) is 0.986. The molecule has 9 heteroatoms. The molecule has 1 fully saturated rings. The van der Waals surface area contributed by atoms with Crippen LogP contribution in [0.25, 0.3) is 22.6 Å². The SMILES string of the molecule is Cc1ccc(-c2cc(C(=O)NC3CC(NC(=O)c4cc5occc5[nH]4)C3)n[nH]2)o1. The summed E-state index contributed by atoms with van der Waals surface area (Å²) in [6.45, 7) is 1.85. The Balaban J connectivity index is 1.13. The van der Waals surface area contributed by atoms with Crippen molar-refractivity contribution >= 4 is 22.9 Å². The summed E-state index contributed by atoms with van der Waals surface area (Å²) in [4.78, 5) is 27.7. The van der Waals surface area contributed by atoms with E-state index >= 15 is 0 Å². The van der Waals surface area contributed by atoms with Gasteiger partial charge in [0.15, 0.2) is 17.0 Å². The first-order chi connectivity index (χ1) is 14.0. The molecule has 0 bridgehead atoms. The van der Waals surface area contributed by atoms with Crippen molar-refractivity contribution in [2.45, 2.75) is 31.8 Å². The number of nitrogens with zero attached hydrogens (tertiary/aromatic N) is 1. The number of carbonyl (C=O) groups excluding carboxylic acids is 2. The molecule has 29 heavy (non-hydrogen) atoms. The molecule has 4 N–H and O–H groups in total. The summed E-state index contributed by atoms with van der Waals surface area (Å²) in [6.07, 6.45) is 2.91. The van der Waals surface area contributed by atoms with Crippen LogP contribution in [-0.2, 0) is 0 Å². The number of aromatic amines is 2. The highest BCUT2D eigenvalue weighted by molar-refractivity contribution is 5.97. The summed E-state index contributed by atoms with van der Waals surface area (Å²) < 4.78 is 10.8. The van der Waals surface area contributed by atoms with Gasteiger partial charge in [-0.3, -0.25) is 14.7 Å². The number of aryl methyl sites for hydroxylation is 1. The molecule has 1 saturated carbocycles. The smallest absolute Gasteiger partial charge is 0.272 e. The van der Waals surface area contributed by atoms with Crippen molar-refractivity contribution in [3.63, 3.8) is 0 Å². The Labute approximate surface area is 164 Å². The van der Waals surface area contributed by atoms with E-state index in [0.29, 0.717) is 41.3 Å². The van der Waals surface area contributed by atoms with E-state index < -0.39 is 0 Å². The van der Waals surface area contributed by atoms with Gasteiger partial charge >= 0.3 is 0 Å². The van der Waals surface area contributed by atoms with E-state index in [2.05, 4.69) is 25.8 Å². The van der Waals surface area contributed by atoms with Crippen molar-refractivity contribution in [2.24, 2.45) is 0 Å². The van der Waals surface area contributed by atoms with Gasteiger partial charge in [0.25, 0.3) is 11.8 Å². The minimum atomic E-state index is -0.254. The standard InChI is InChI=1S/C20H19N5O4/c1-10-2-3-17(29-10)14-8-16(25-24-14)20(27)22-12-6-11(7-12)21-19(26)15-9-18-13(23-15)4-5-28-18/h2-5,8-9,11-12,23H,6-7H2,1H3,(H,21,26)(H,22,27)(H,24,25). The number of nitrogens with one attached hydrogen (secondary N) is 4. The van der Waals surface area contributed by atoms with Crippen LogP contribution in [0.2, 0.25) is 0 Å². The van der Waals surface area contributed by atoms with Gasteiger partial charge in [0.2, 0.25) is 0 Å². The third-order valence-electron chi connectivity index (χ3n) is 5.11. The minimum Gasteiger partial charge on any atom is -0.463 e. The van der Waals surface area contributed by atoms with Crippen LogP contribution < -0.4 is 10.6 Å². The molecule has 4 aromatic rings. The number of amides is 2. The number of hydrogen-bond donors (Lipinski definition) is 4. The molecule has 2 amide bonds. The molecule has 148 valence electrons. The zero-order valence-corrected chi connectivity index (χ0v) is 15.6. The number of hydrogen-bond acceptors (Lipinski definition) is 5.